The molecular weight excluding hydrogens is 701 g/mol. The molecular formula is C51H32N4S. The predicted octanol–water partition coefficient (Wildman–Crippen LogP) is 13.7. The Morgan fingerprint density at radius 1 is 0.321 bits per heavy atom. The normalized spacial score (nSPS) is 11.6. The Bertz CT molecular complexity index is 3190. The average molecular weight is 733 g/mol. The highest BCUT2D eigenvalue weighted by Gasteiger charge is 2.22. The minimum atomic E-state index is 0.582. The fourth-order valence-corrected chi connectivity index (χ4v) is 9.44. The first-order valence-corrected chi connectivity index (χ1v) is 19.6. The standard InChI is InChI=1S/C51H32N4S/c1-4-17-33(18-5-1)36-31-43(48-44(32-36)41-28-16-27-37(47(41)56-48)34-19-6-2-7-20-34)38-23-10-11-26-42(38)50-52-49(35-21-8-3-9-22-35)53-51(54-50)55-45-29-14-12-24-39(45)40-25-13-15-30-46(40)55/h1-32H. The van der Waals surface area contributed by atoms with Crippen LogP contribution >= 0.6 is 11.3 Å². The summed E-state index contributed by atoms with van der Waals surface area (Å²) in [5.41, 5.74) is 11.0. The lowest BCUT2D eigenvalue weighted by Gasteiger charge is -2.15. The molecule has 3 heterocycles. The van der Waals surface area contributed by atoms with Gasteiger partial charge in [0.05, 0.1) is 11.0 Å². The van der Waals surface area contributed by atoms with Crippen molar-refractivity contribution in [2.45, 2.75) is 0 Å². The van der Waals surface area contributed by atoms with E-state index in [-0.39, 0.29) is 0 Å². The topological polar surface area (TPSA) is 43.6 Å². The molecule has 11 rings (SSSR count). The van der Waals surface area contributed by atoms with Crippen molar-refractivity contribution in [3.05, 3.63) is 194 Å². The van der Waals surface area contributed by atoms with Gasteiger partial charge >= 0.3 is 0 Å². The molecule has 3 aromatic heterocycles. The lowest BCUT2D eigenvalue weighted by Crippen LogP contribution is -2.06. The minimum absolute atomic E-state index is 0.582. The monoisotopic (exact) mass is 732 g/mol. The number of aromatic nitrogens is 4. The molecule has 8 aromatic carbocycles. The highest BCUT2D eigenvalue weighted by molar-refractivity contribution is 7.26. The molecule has 0 unspecified atom stereocenters. The summed E-state index contributed by atoms with van der Waals surface area (Å²) in [7, 11) is 0. The zero-order chi connectivity index (χ0) is 37.0. The number of fused-ring (bicyclic) bond motifs is 6. The van der Waals surface area contributed by atoms with Gasteiger partial charge in [-0.15, -0.1) is 11.3 Å². The molecule has 0 saturated heterocycles. The fraction of sp³-hybridized carbons (Fsp3) is 0. The highest BCUT2D eigenvalue weighted by Crippen LogP contribution is 2.47. The van der Waals surface area contributed by atoms with Gasteiger partial charge in [-0.2, -0.15) is 9.97 Å². The lowest BCUT2D eigenvalue weighted by molar-refractivity contribution is 0.953. The summed E-state index contributed by atoms with van der Waals surface area (Å²) in [6.45, 7) is 0. The van der Waals surface area contributed by atoms with Crippen LogP contribution in [0.25, 0.3) is 104 Å². The van der Waals surface area contributed by atoms with Crippen LogP contribution in [-0.4, -0.2) is 19.5 Å². The molecule has 0 fully saturated rings. The maximum Gasteiger partial charge on any atom is 0.238 e. The zero-order valence-corrected chi connectivity index (χ0v) is 31.0. The second-order valence-electron chi connectivity index (χ2n) is 14.0. The zero-order valence-electron chi connectivity index (χ0n) is 30.2. The molecule has 0 aliphatic carbocycles. The Hall–Kier alpha value is -7.21. The highest BCUT2D eigenvalue weighted by atomic mass is 32.1. The van der Waals surface area contributed by atoms with Gasteiger partial charge in [0.15, 0.2) is 11.6 Å². The van der Waals surface area contributed by atoms with E-state index in [1.54, 1.807) is 0 Å². The van der Waals surface area contributed by atoms with E-state index in [0.29, 0.717) is 17.6 Å². The first-order chi connectivity index (χ1) is 27.8. The molecule has 0 bridgehead atoms. The van der Waals surface area contributed by atoms with E-state index < -0.39 is 0 Å². The van der Waals surface area contributed by atoms with E-state index in [4.69, 9.17) is 15.0 Å². The van der Waals surface area contributed by atoms with Gasteiger partial charge in [0.2, 0.25) is 5.95 Å². The van der Waals surface area contributed by atoms with Crippen LogP contribution in [0.3, 0.4) is 0 Å². The number of rotatable bonds is 6. The summed E-state index contributed by atoms with van der Waals surface area (Å²) in [5.74, 6) is 1.83. The number of thiophene rings is 1. The van der Waals surface area contributed by atoms with E-state index in [9.17, 15) is 0 Å². The third-order valence-electron chi connectivity index (χ3n) is 10.7. The van der Waals surface area contributed by atoms with E-state index in [1.165, 1.54) is 42.4 Å². The van der Waals surface area contributed by atoms with Crippen molar-refractivity contribution in [1.82, 2.24) is 19.5 Å². The summed E-state index contributed by atoms with van der Waals surface area (Å²) in [6, 6.07) is 68.5. The number of benzene rings is 8. The smallest absolute Gasteiger partial charge is 0.238 e. The third kappa shape index (κ3) is 5.32. The first kappa shape index (κ1) is 32.2. The quantitative estimate of drug-likeness (QED) is 0.171. The molecule has 0 aliphatic heterocycles. The van der Waals surface area contributed by atoms with Crippen molar-refractivity contribution < 1.29 is 0 Å². The fourth-order valence-electron chi connectivity index (χ4n) is 8.09. The van der Waals surface area contributed by atoms with Crippen molar-refractivity contribution in [1.29, 1.82) is 0 Å². The summed E-state index contributed by atoms with van der Waals surface area (Å²) in [5, 5.41) is 4.81. The van der Waals surface area contributed by atoms with Crippen LogP contribution in [0.15, 0.2) is 194 Å². The molecule has 0 radical (unpaired) electrons. The summed E-state index contributed by atoms with van der Waals surface area (Å²) in [6.07, 6.45) is 0. The SMILES string of the molecule is c1ccc(-c2cc(-c3ccccc3-c3nc(-c4ccccc4)nc(-n4c5ccccc5c5ccccc54)n3)c3sc4c(-c5ccccc5)cccc4c3c2)cc1. The van der Waals surface area contributed by atoms with Gasteiger partial charge in [0.25, 0.3) is 0 Å². The molecule has 11 aromatic rings. The second kappa shape index (κ2) is 13.3. The number of hydrogen-bond acceptors (Lipinski definition) is 4. The molecule has 4 nitrogen and oxygen atoms in total. The largest absolute Gasteiger partial charge is 0.278 e. The maximum absolute atomic E-state index is 5.36. The van der Waals surface area contributed by atoms with Crippen LogP contribution in [0.4, 0.5) is 0 Å². The van der Waals surface area contributed by atoms with E-state index in [0.717, 1.165) is 44.1 Å². The van der Waals surface area contributed by atoms with Gasteiger partial charge in [-0.1, -0.05) is 170 Å². The Morgan fingerprint density at radius 2 is 0.839 bits per heavy atom. The van der Waals surface area contributed by atoms with Gasteiger partial charge in [-0.05, 0) is 52.1 Å². The molecule has 0 N–H and O–H groups in total. The van der Waals surface area contributed by atoms with E-state index in [1.807, 2.05) is 29.5 Å². The summed E-state index contributed by atoms with van der Waals surface area (Å²) in [4.78, 5) is 15.8. The Balaban J connectivity index is 1.20. The maximum atomic E-state index is 5.36. The van der Waals surface area contributed by atoms with Gasteiger partial charge in [0.1, 0.15) is 0 Å². The van der Waals surface area contributed by atoms with Crippen LogP contribution in [0.2, 0.25) is 0 Å². The number of para-hydroxylation sites is 2. The molecule has 0 aliphatic rings. The van der Waals surface area contributed by atoms with Crippen LogP contribution in [-0.2, 0) is 0 Å². The first-order valence-electron chi connectivity index (χ1n) is 18.8. The van der Waals surface area contributed by atoms with Crippen molar-refractivity contribution in [3.8, 4) is 62.1 Å². The minimum Gasteiger partial charge on any atom is -0.278 e. The van der Waals surface area contributed by atoms with Crippen LogP contribution in [0.5, 0.6) is 0 Å². The lowest BCUT2D eigenvalue weighted by atomic mass is 9.93. The van der Waals surface area contributed by atoms with Gasteiger partial charge in [-0.25, -0.2) is 4.98 Å². The Kier molecular flexibility index (Phi) is 7.64. The predicted molar refractivity (Wildman–Crippen MR) is 234 cm³/mol. The van der Waals surface area contributed by atoms with Crippen LogP contribution in [0, 0.1) is 0 Å². The molecule has 56 heavy (non-hydrogen) atoms. The average Bonchev–Trinajstić information content (AvgIpc) is 3.83. The summed E-state index contributed by atoms with van der Waals surface area (Å²) >= 11 is 1.86. The molecule has 0 saturated carbocycles. The molecule has 0 atom stereocenters. The van der Waals surface area contributed by atoms with Gasteiger partial charge in [0, 0.05) is 47.6 Å². The van der Waals surface area contributed by atoms with Gasteiger partial charge in [-0.3, -0.25) is 4.57 Å². The molecule has 0 spiro atoms. The van der Waals surface area contributed by atoms with Crippen molar-refractivity contribution in [2.24, 2.45) is 0 Å². The molecule has 0 amide bonds. The molecule has 262 valence electrons. The third-order valence-corrected chi connectivity index (χ3v) is 12.0. The van der Waals surface area contributed by atoms with Crippen molar-refractivity contribution >= 4 is 53.3 Å². The second-order valence-corrected chi connectivity index (χ2v) is 15.0. The Labute approximate surface area is 327 Å². The molecule has 5 heteroatoms. The number of nitrogens with zero attached hydrogens (tertiary/aromatic N) is 4. The number of hydrogen-bond donors (Lipinski definition) is 0. The van der Waals surface area contributed by atoms with Gasteiger partial charge < -0.3 is 0 Å². The van der Waals surface area contributed by atoms with E-state index >= 15 is 0 Å². The summed E-state index contributed by atoms with van der Waals surface area (Å²) < 4.78 is 4.68. The van der Waals surface area contributed by atoms with Crippen molar-refractivity contribution in [3.63, 3.8) is 0 Å². The van der Waals surface area contributed by atoms with Crippen LogP contribution in [0.1, 0.15) is 0 Å². The van der Waals surface area contributed by atoms with Crippen LogP contribution < -0.4 is 0 Å². The van der Waals surface area contributed by atoms with Crippen molar-refractivity contribution in [2.75, 3.05) is 0 Å². The van der Waals surface area contributed by atoms with E-state index in [2.05, 4.69) is 180 Å². The Morgan fingerprint density at radius 3 is 1.54 bits per heavy atom.